The third-order valence-electron chi connectivity index (χ3n) is 9.06. The van der Waals surface area contributed by atoms with E-state index in [1.165, 1.54) is 12.1 Å². The SMILES string of the molecule is CCC(C)(C)C(=O)[C@H]1CC[C@H]2[C@@H]3CCc4cc(S(=O)(=O)OC(F)(F)F)ccc4[C@H]3CC[C@]12C. The van der Waals surface area contributed by atoms with Gasteiger partial charge >= 0.3 is 16.5 Å². The second kappa shape index (κ2) is 8.08. The predicted molar refractivity (Wildman–Crippen MR) is 118 cm³/mol. The number of hydrogen-bond acceptors (Lipinski definition) is 4. The Morgan fingerprint density at radius 2 is 1.85 bits per heavy atom. The quantitative estimate of drug-likeness (QED) is 0.453. The summed E-state index contributed by atoms with van der Waals surface area (Å²) in [5.74, 6) is 1.55. The van der Waals surface area contributed by atoms with Crippen molar-refractivity contribution in [1.82, 2.24) is 0 Å². The lowest BCUT2D eigenvalue weighted by Gasteiger charge is -2.51. The molecule has 0 N–H and O–H groups in total. The minimum Gasteiger partial charge on any atom is -0.299 e. The van der Waals surface area contributed by atoms with Crippen LogP contribution in [0.5, 0.6) is 0 Å². The number of Topliss-reactive ketones (excluding diaryl/α,β-unsaturated/α-hetero) is 1. The molecule has 1 aromatic rings. The molecule has 0 radical (unpaired) electrons. The van der Waals surface area contributed by atoms with Gasteiger partial charge < -0.3 is 0 Å². The van der Waals surface area contributed by atoms with Crippen molar-refractivity contribution in [3.05, 3.63) is 29.3 Å². The van der Waals surface area contributed by atoms with E-state index in [9.17, 15) is 26.4 Å². The Hall–Kier alpha value is -1.41. The van der Waals surface area contributed by atoms with Gasteiger partial charge in [-0.1, -0.05) is 33.8 Å². The maximum Gasteiger partial charge on any atom is 0.537 e. The number of fused-ring (bicyclic) bond motifs is 5. The first kappa shape index (κ1) is 24.7. The lowest BCUT2D eigenvalue weighted by Crippen LogP contribution is -2.46. The average Bonchev–Trinajstić information content (AvgIpc) is 3.07. The molecule has 0 saturated heterocycles. The number of carbonyl (C=O) groups is 1. The van der Waals surface area contributed by atoms with Crippen molar-refractivity contribution in [2.75, 3.05) is 0 Å². The van der Waals surface area contributed by atoms with Crippen LogP contribution in [0.2, 0.25) is 0 Å². The van der Waals surface area contributed by atoms with Gasteiger partial charge in [-0.15, -0.1) is 13.2 Å². The lowest BCUT2D eigenvalue weighted by atomic mass is 9.53. The predicted octanol–water partition coefficient (Wildman–Crippen LogP) is 6.39. The molecule has 0 amide bonds. The van der Waals surface area contributed by atoms with Crippen LogP contribution in [-0.2, 0) is 25.5 Å². The minimum atomic E-state index is -5.25. The van der Waals surface area contributed by atoms with Gasteiger partial charge in [0.15, 0.2) is 0 Å². The maximum absolute atomic E-state index is 13.4. The van der Waals surface area contributed by atoms with Crippen molar-refractivity contribution in [3.8, 4) is 0 Å². The van der Waals surface area contributed by atoms with E-state index in [0.29, 0.717) is 24.0 Å². The van der Waals surface area contributed by atoms with Crippen LogP contribution in [0.3, 0.4) is 0 Å². The highest BCUT2D eigenvalue weighted by Crippen LogP contribution is 2.64. The molecule has 184 valence electrons. The van der Waals surface area contributed by atoms with E-state index >= 15 is 0 Å². The summed E-state index contributed by atoms with van der Waals surface area (Å²) in [6, 6.07) is 4.27. The first-order valence-electron chi connectivity index (χ1n) is 11.9. The Kier molecular flexibility index (Phi) is 6.05. The Morgan fingerprint density at radius 3 is 2.48 bits per heavy atom. The third kappa shape index (κ3) is 4.26. The van der Waals surface area contributed by atoms with E-state index in [2.05, 4.69) is 18.0 Å². The molecule has 4 rings (SSSR count). The summed E-state index contributed by atoms with van der Waals surface area (Å²) in [5, 5.41) is 0. The van der Waals surface area contributed by atoms with Gasteiger partial charge in [0.05, 0.1) is 4.90 Å². The standard InChI is InChI=1S/C25H33F3O4S/c1-5-23(2,3)22(29)21-11-10-20-19-8-6-15-14-16(33(30,31)32-25(26,27)28)7-9-17(15)18(19)12-13-24(20,21)4/h7,9,14,18-21H,5-6,8,10-13H2,1-4H3/t18-,19-,20+,21-,24+/m1/s1. The number of rotatable bonds is 5. The Labute approximate surface area is 194 Å². The van der Waals surface area contributed by atoms with Crippen LogP contribution in [0.4, 0.5) is 13.2 Å². The lowest BCUT2D eigenvalue weighted by molar-refractivity contribution is -0.271. The molecule has 2 fully saturated rings. The summed E-state index contributed by atoms with van der Waals surface area (Å²) in [6.07, 6.45) is 0.845. The van der Waals surface area contributed by atoms with Crippen LogP contribution in [0, 0.1) is 28.6 Å². The van der Waals surface area contributed by atoms with Gasteiger partial charge in [-0.25, -0.2) is 0 Å². The molecule has 4 nitrogen and oxygen atoms in total. The zero-order chi connectivity index (χ0) is 24.4. The Bertz CT molecular complexity index is 1050. The van der Waals surface area contributed by atoms with E-state index < -0.39 is 21.4 Å². The van der Waals surface area contributed by atoms with Crippen molar-refractivity contribution in [1.29, 1.82) is 0 Å². The largest absolute Gasteiger partial charge is 0.537 e. The molecule has 33 heavy (non-hydrogen) atoms. The van der Waals surface area contributed by atoms with E-state index in [0.717, 1.165) is 49.7 Å². The fourth-order valence-corrected chi connectivity index (χ4v) is 7.83. The van der Waals surface area contributed by atoms with Gasteiger partial charge in [-0.05, 0) is 91.4 Å². The fourth-order valence-electron chi connectivity index (χ4n) is 6.96. The molecular formula is C25H33F3O4S. The highest BCUT2D eigenvalue weighted by molar-refractivity contribution is 7.86. The summed E-state index contributed by atoms with van der Waals surface area (Å²) in [7, 11) is -4.90. The first-order valence-corrected chi connectivity index (χ1v) is 13.3. The summed E-state index contributed by atoms with van der Waals surface area (Å²) in [6.45, 7) is 8.44. The van der Waals surface area contributed by atoms with Crippen molar-refractivity contribution >= 4 is 15.9 Å². The average molecular weight is 487 g/mol. The maximum atomic E-state index is 13.4. The topological polar surface area (TPSA) is 60.4 Å². The van der Waals surface area contributed by atoms with Crippen LogP contribution in [-0.4, -0.2) is 20.6 Å². The fraction of sp³-hybridized carbons (Fsp3) is 0.720. The highest BCUT2D eigenvalue weighted by Gasteiger charge is 2.57. The normalized spacial score (nSPS) is 32.1. The number of benzene rings is 1. The molecule has 0 aliphatic heterocycles. The van der Waals surface area contributed by atoms with E-state index in [4.69, 9.17) is 0 Å². The number of alkyl halides is 3. The smallest absolute Gasteiger partial charge is 0.299 e. The molecule has 8 heteroatoms. The van der Waals surface area contributed by atoms with Crippen LogP contribution in [0.15, 0.2) is 23.1 Å². The highest BCUT2D eigenvalue weighted by atomic mass is 32.2. The zero-order valence-corrected chi connectivity index (χ0v) is 20.5. The van der Waals surface area contributed by atoms with Gasteiger partial charge in [0.25, 0.3) is 0 Å². The number of halogens is 3. The molecule has 5 atom stereocenters. The molecule has 0 spiro atoms. The van der Waals surface area contributed by atoms with Gasteiger partial charge in [0.1, 0.15) is 5.78 Å². The Morgan fingerprint density at radius 1 is 1.15 bits per heavy atom. The van der Waals surface area contributed by atoms with E-state index in [1.54, 1.807) is 6.07 Å². The van der Waals surface area contributed by atoms with Crippen molar-refractivity contribution in [2.24, 2.45) is 28.6 Å². The van der Waals surface area contributed by atoms with Crippen molar-refractivity contribution < 1.29 is 30.6 Å². The molecule has 3 aliphatic rings. The van der Waals surface area contributed by atoms with E-state index in [1.807, 2.05) is 13.8 Å². The first-order chi connectivity index (χ1) is 15.2. The molecule has 2 saturated carbocycles. The molecule has 0 heterocycles. The summed E-state index contributed by atoms with van der Waals surface area (Å²) < 4.78 is 65.0. The van der Waals surface area contributed by atoms with Crippen molar-refractivity contribution in [2.45, 2.75) is 89.8 Å². The van der Waals surface area contributed by atoms with Crippen LogP contribution >= 0.6 is 0 Å². The number of carbonyl (C=O) groups excluding carboxylic acids is 1. The molecular weight excluding hydrogens is 453 g/mol. The number of hydrogen-bond donors (Lipinski definition) is 0. The Balaban J connectivity index is 1.59. The number of aryl methyl sites for hydroxylation is 1. The van der Waals surface area contributed by atoms with Gasteiger partial charge in [0, 0.05) is 11.3 Å². The molecule has 1 aromatic carbocycles. The summed E-state index contributed by atoms with van der Waals surface area (Å²) >= 11 is 0. The van der Waals surface area contributed by atoms with E-state index in [-0.39, 0.29) is 22.7 Å². The molecule has 3 aliphatic carbocycles. The minimum absolute atomic E-state index is 0.0218. The monoisotopic (exact) mass is 486 g/mol. The van der Waals surface area contributed by atoms with Crippen molar-refractivity contribution in [3.63, 3.8) is 0 Å². The van der Waals surface area contributed by atoms with Crippen LogP contribution < -0.4 is 0 Å². The second-order valence-electron chi connectivity index (χ2n) is 11.0. The number of ketones is 1. The summed E-state index contributed by atoms with van der Waals surface area (Å²) in [5.41, 5.74) is 1.50. The molecule has 0 bridgehead atoms. The van der Waals surface area contributed by atoms with Gasteiger partial charge in [-0.3, -0.25) is 4.79 Å². The van der Waals surface area contributed by atoms with Crippen LogP contribution in [0.1, 0.15) is 83.3 Å². The third-order valence-corrected chi connectivity index (χ3v) is 10.3. The molecule has 0 aromatic heterocycles. The second-order valence-corrected chi connectivity index (χ2v) is 12.6. The van der Waals surface area contributed by atoms with Crippen LogP contribution in [0.25, 0.3) is 0 Å². The van der Waals surface area contributed by atoms with Gasteiger partial charge in [0.2, 0.25) is 0 Å². The summed E-state index contributed by atoms with van der Waals surface area (Å²) in [4.78, 5) is 12.9. The van der Waals surface area contributed by atoms with Gasteiger partial charge in [-0.2, -0.15) is 12.6 Å². The molecule has 0 unspecified atom stereocenters. The zero-order valence-electron chi connectivity index (χ0n) is 19.7.